The van der Waals surface area contributed by atoms with Crippen LogP contribution >= 0.6 is 0 Å². The Balaban J connectivity index is 1.87. The first-order valence-electron chi connectivity index (χ1n) is 7.23. The maximum absolute atomic E-state index is 5.79. The number of nitrogens with one attached hydrogen (secondary N) is 1. The second-order valence-electron chi connectivity index (χ2n) is 5.42. The van der Waals surface area contributed by atoms with E-state index in [1.165, 1.54) is 18.5 Å². The van der Waals surface area contributed by atoms with Crippen LogP contribution in [0.2, 0.25) is 0 Å². The third-order valence-corrected chi connectivity index (χ3v) is 3.79. The van der Waals surface area contributed by atoms with E-state index in [2.05, 4.69) is 30.1 Å². The number of hydrogen-bond acceptors (Lipinski definition) is 4. The molecular weight excluding hydrogens is 240 g/mol. The van der Waals surface area contributed by atoms with Gasteiger partial charge in [-0.25, -0.2) is 0 Å². The van der Waals surface area contributed by atoms with E-state index in [-0.39, 0.29) is 0 Å². The lowest BCUT2D eigenvalue weighted by atomic mass is 10.1. The number of hydrogen-bond donors (Lipinski definition) is 1. The van der Waals surface area contributed by atoms with E-state index in [1.54, 1.807) is 7.11 Å². The van der Waals surface area contributed by atoms with Crippen LogP contribution < -0.4 is 5.32 Å². The summed E-state index contributed by atoms with van der Waals surface area (Å²) in [4.78, 5) is 2.50. The minimum Gasteiger partial charge on any atom is -0.465 e. The lowest BCUT2D eigenvalue weighted by molar-refractivity contribution is 0.152. The monoisotopic (exact) mass is 266 g/mol. The van der Waals surface area contributed by atoms with E-state index >= 15 is 0 Å². The molecule has 0 spiro atoms. The molecular formula is C15H26N2O2. The number of aryl methyl sites for hydroxylation is 1. The van der Waals surface area contributed by atoms with Gasteiger partial charge < -0.3 is 14.5 Å². The Labute approximate surface area is 116 Å². The first kappa shape index (κ1) is 14.6. The SMILES string of the molecule is CCNCc1cc(CN2CCC(COC)C2)c(C)o1. The van der Waals surface area contributed by atoms with Crippen molar-refractivity contribution < 1.29 is 9.15 Å². The second kappa shape index (κ2) is 7.08. The van der Waals surface area contributed by atoms with Crippen LogP contribution in [0.4, 0.5) is 0 Å². The van der Waals surface area contributed by atoms with Gasteiger partial charge in [0.05, 0.1) is 13.2 Å². The van der Waals surface area contributed by atoms with Crippen molar-refractivity contribution >= 4 is 0 Å². The minimum atomic E-state index is 0.693. The molecule has 0 aliphatic carbocycles. The molecule has 2 heterocycles. The van der Waals surface area contributed by atoms with Gasteiger partial charge in [-0.2, -0.15) is 0 Å². The number of methoxy groups -OCH3 is 1. The molecule has 1 unspecified atom stereocenters. The summed E-state index contributed by atoms with van der Waals surface area (Å²) >= 11 is 0. The number of furan rings is 1. The van der Waals surface area contributed by atoms with Crippen molar-refractivity contribution in [2.75, 3.05) is 33.4 Å². The van der Waals surface area contributed by atoms with E-state index in [0.717, 1.165) is 44.3 Å². The zero-order valence-electron chi connectivity index (χ0n) is 12.4. The summed E-state index contributed by atoms with van der Waals surface area (Å²) in [5, 5.41) is 3.30. The summed E-state index contributed by atoms with van der Waals surface area (Å²) in [6.45, 7) is 10.2. The Morgan fingerprint density at radius 1 is 1.53 bits per heavy atom. The maximum Gasteiger partial charge on any atom is 0.118 e. The van der Waals surface area contributed by atoms with Crippen molar-refractivity contribution in [3.05, 3.63) is 23.2 Å². The lowest BCUT2D eigenvalue weighted by Crippen LogP contribution is -2.21. The van der Waals surface area contributed by atoms with Gasteiger partial charge in [-0.1, -0.05) is 6.92 Å². The summed E-state index contributed by atoms with van der Waals surface area (Å²) in [6, 6.07) is 2.20. The topological polar surface area (TPSA) is 37.6 Å². The van der Waals surface area contributed by atoms with Crippen molar-refractivity contribution in [2.45, 2.75) is 33.4 Å². The molecule has 2 rings (SSSR count). The van der Waals surface area contributed by atoms with Crippen LogP contribution in [0.3, 0.4) is 0 Å². The molecule has 0 amide bonds. The maximum atomic E-state index is 5.79. The Hall–Kier alpha value is -0.840. The highest BCUT2D eigenvalue weighted by molar-refractivity contribution is 5.21. The van der Waals surface area contributed by atoms with Crippen molar-refractivity contribution in [1.29, 1.82) is 0 Å². The van der Waals surface area contributed by atoms with Crippen LogP contribution in [0.15, 0.2) is 10.5 Å². The van der Waals surface area contributed by atoms with E-state index in [4.69, 9.17) is 9.15 Å². The predicted molar refractivity (Wildman–Crippen MR) is 76.1 cm³/mol. The van der Waals surface area contributed by atoms with Gasteiger partial charge in [-0.3, -0.25) is 4.90 Å². The first-order chi connectivity index (χ1) is 9.22. The zero-order chi connectivity index (χ0) is 13.7. The van der Waals surface area contributed by atoms with Crippen LogP contribution in [0, 0.1) is 12.8 Å². The summed E-state index contributed by atoms with van der Waals surface area (Å²) in [6.07, 6.45) is 1.25. The fourth-order valence-electron chi connectivity index (χ4n) is 2.75. The highest BCUT2D eigenvalue weighted by atomic mass is 16.5. The molecule has 0 bridgehead atoms. The van der Waals surface area contributed by atoms with Crippen molar-refractivity contribution in [3.63, 3.8) is 0 Å². The molecule has 0 aromatic carbocycles. The minimum absolute atomic E-state index is 0.693. The summed E-state index contributed by atoms with van der Waals surface area (Å²) in [5.41, 5.74) is 1.32. The molecule has 1 aliphatic heterocycles. The van der Waals surface area contributed by atoms with Gasteiger partial charge >= 0.3 is 0 Å². The summed E-state index contributed by atoms with van der Waals surface area (Å²) in [5.74, 6) is 2.79. The molecule has 1 saturated heterocycles. The molecule has 1 aromatic heterocycles. The highest BCUT2D eigenvalue weighted by Crippen LogP contribution is 2.22. The second-order valence-corrected chi connectivity index (χ2v) is 5.42. The summed E-state index contributed by atoms with van der Waals surface area (Å²) < 4.78 is 11.0. The predicted octanol–water partition coefficient (Wildman–Crippen LogP) is 2.17. The fraction of sp³-hybridized carbons (Fsp3) is 0.733. The molecule has 1 aliphatic rings. The van der Waals surface area contributed by atoms with Crippen LogP contribution in [0.5, 0.6) is 0 Å². The van der Waals surface area contributed by atoms with Crippen LogP contribution in [0.25, 0.3) is 0 Å². The van der Waals surface area contributed by atoms with Gasteiger partial charge in [0.25, 0.3) is 0 Å². The summed E-state index contributed by atoms with van der Waals surface area (Å²) in [7, 11) is 1.79. The molecule has 1 aromatic rings. The molecule has 108 valence electrons. The third kappa shape index (κ3) is 4.06. The van der Waals surface area contributed by atoms with Crippen molar-refractivity contribution in [2.24, 2.45) is 5.92 Å². The van der Waals surface area contributed by atoms with Crippen LogP contribution in [-0.4, -0.2) is 38.3 Å². The van der Waals surface area contributed by atoms with Crippen molar-refractivity contribution in [1.82, 2.24) is 10.2 Å². The van der Waals surface area contributed by atoms with Crippen LogP contribution in [-0.2, 0) is 17.8 Å². The quantitative estimate of drug-likeness (QED) is 0.821. The normalized spacial score (nSPS) is 20.3. The molecule has 0 radical (unpaired) electrons. The number of ether oxygens (including phenoxy) is 1. The van der Waals surface area contributed by atoms with Gasteiger partial charge in [0.15, 0.2) is 0 Å². The number of nitrogens with zero attached hydrogens (tertiary/aromatic N) is 1. The van der Waals surface area contributed by atoms with Crippen LogP contribution in [0.1, 0.15) is 30.4 Å². The molecule has 4 heteroatoms. The van der Waals surface area contributed by atoms with Gasteiger partial charge in [-0.15, -0.1) is 0 Å². The lowest BCUT2D eigenvalue weighted by Gasteiger charge is -2.15. The van der Waals surface area contributed by atoms with E-state index in [0.29, 0.717) is 5.92 Å². The van der Waals surface area contributed by atoms with E-state index < -0.39 is 0 Å². The highest BCUT2D eigenvalue weighted by Gasteiger charge is 2.23. The molecule has 1 fully saturated rings. The van der Waals surface area contributed by atoms with Gasteiger partial charge in [0.1, 0.15) is 11.5 Å². The molecule has 1 atom stereocenters. The smallest absolute Gasteiger partial charge is 0.118 e. The number of rotatable bonds is 7. The average molecular weight is 266 g/mol. The van der Waals surface area contributed by atoms with Gasteiger partial charge in [-0.05, 0) is 38.4 Å². The Bertz CT molecular complexity index is 389. The average Bonchev–Trinajstić information content (AvgIpc) is 2.96. The zero-order valence-corrected chi connectivity index (χ0v) is 12.4. The third-order valence-electron chi connectivity index (χ3n) is 3.79. The first-order valence-corrected chi connectivity index (χ1v) is 7.23. The Kier molecular flexibility index (Phi) is 5.43. The standard InChI is InChI=1S/C15H26N2O2/c1-4-16-8-15-7-14(12(2)19-15)10-17-6-5-13(9-17)11-18-3/h7,13,16H,4-6,8-11H2,1-3H3. The fourth-order valence-corrected chi connectivity index (χ4v) is 2.75. The number of likely N-dealkylation sites (tertiary alicyclic amines) is 1. The molecule has 0 saturated carbocycles. The van der Waals surface area contributed by atoms with Gasteiger partial charge in [0, 0.05) is 25.8 Å². The van der Waals surface area contributed by atoms with Crippen molar-refractivity contribution in [3.8, 4) is 0 Å². The van der Waals surface area contributed by atoms with E-state index in [9.17, 15) is 0 Å². The Morgan fingerprint density at radius 2 is 2.37 bits per heavy atom. The van der Waals surface area contributed by atoms with E-state index in [1.807, 2.05) is 0 Å². The molecule has 19 heavy (non-hydrogen) atoms. The molecule has 1 N–H and O–H groups in total. The van der Waals surface area contributed by atoms with Gasteiger partial charge in [0.2, 0.25) is 0 Å². The Morgan fingerprint density at radius 3 is 3.11 bits per heavy atom. The molecule has 4 nitrogen and oxygen atoms in total. The largest absolute Gasteiger partial charge is 0.465 e.